The van der Waals surface area contributed by atoms with Crippen molar-refractivity contribution in [2.75, 3.05) is 14.2 Å². The maximum Gasteiger partial charge on any atom is 0.416 e. The van der Waals surface area contributed by atoms with Crippen LogP contribution in [0.15, 0.2) is 70.5 Å². The maximum absolute atomic E-state index is 12.9. The van der Waals surface area contributed by atoms with E-state index in [1.807, 2.05) is 0 Å². The van der Waals surface area contributed by atoms with Gasteiger partial charge in [0.25, 0.3) is 15.7 Å². The molecule has 0 fully saturated rings. The average Bonchev–Trinajstić information content (AvgIpc) is 2.79. The van der Waals surface area contributed by atoms with Crippen molar-refractivity contribution >= 4 is 39.3 Å². The fourth-order valence-corrected chi connectivity index (χ4v) is 5.32. The first-order valence-corrected chi connectivity index (χ1v) is 12.1. The highest BCUT2D eigenvalue weighted by Gasteiger charge is 2.31. The molecule has 0 saturated heterocycles. The van der Waals surface area contributed by atoms with Crippen molar-refractivity contribution in [3.63, 3.8) is 0 Å². The molecule has 0 saturated carbocycles. The minimum absolute atomic E-state index is 0.00463. The molecule has 0 N–H and O–H groups in total. The molecule has 186 valence electrons. The van der Waals surface area contributed by atoms with Gasteiger partial charge in [-0.25, -0.2) is 8.42 Å². The zero-order valence-electron chi connectivity index (χ0n) is 17.9. The molecule has 3 aromatic rings. The molecule has 0 aliphatic carbocycles. The lowest BCUT2D eigenvalue weighted by atomic mass is 10.2. The van der Waals surface area contributed by atoms with E-state index in [1.54, 1.807) is 0 Å². The van der Waals surface area contributed by atoms with Gasteiger partial charge in [-0.1, -0.05) is 11.6 Å². The summed E-state index contributed by atoms with van der Waals surface area (Å²) in [6.07, 6.45) is -4.60. The lowest BCUT2D eigenvalue weighted by Crippen LogP contribution is -2.20. The van der Waals surface area contributed by atoms with Crippen LogP contribution in [-0.4, -0.2) is 31.2 Å². The zero-order valence-corrected chi connectivity index (χ0v) is 20.3. The number of methoxy groups -OCH3 is 1. The number of nitrogens with zero attached hydrogens (tertiary/aromatic N) is 2. The highest BCUT2D eigenvalue weighted by molar-refractivity contribution is 8.08. The van der Waals surface area contributed by atoms with Crippen LogP contribution in [0.25, 0.3) is 0 Å². The number of nitro groups is 1. The first-order chi connectivity index (χ1) is 16.3. The Morgan fingerprint density at radius 3 is 2.20 bits per heavy atom. The van der Waals surface area contributed by atoms with Crippen molar-refractivity contribution < 1.29 is 36.0 Å². The second kappa shape index (κ2) is 10.3. The third-order valence-electron chi connectivity index (χ3n) is 4.54. The molecular weight excluding hydrogens is 533 g/mol. The van der Waals surface area contributed by atoms with Gasteiger partial charge in [-0.3, -0.25) is 10.1 Å². The molecule has 0 aliphatic rings. The van der Waals surface area contributed by atoms with E-state index in [-0.39, 0.29) is 26.3 Å². The summed E-state index contributed by atoms with van der Waals surface area (Å²) in [5.41, 5.74) is -1.38. The monoisotopic (exact) mass is 548 g/mol. The molecule has 0 atom stereocenters. The topological polar surface area (TPSA) is 99.0 Å². The molecule has 0 aromatic heterocycles. The third kappa shape index (κ3) is 6.17. The maximum atomic E-state index is 12.9. The molecule has 0 heterocycles. The van der Waals surface area contributed by atoms with Gasteiger partial charge in [0, 0.05) is 19.2 Å². The standard InChI is InChI=1S/C21H16ClF3N2O6S2/c1-26(35(30,31)16-7-4-14(32-2)5-8-16)34-20-12-15(6-9-18(20)27(28)29)33-19-10-3-13(11-17(19)22)21(23,24)25/h3-12H,1-2H3. The predicted octanol–water partition coefficient (Wildman–Crippen LogP) is 6.40. The van der Waals surface area contributed by atoms with E-state index < -0.39 is 32.4 Å². The Hall–Kier alpha value is -3.00. The Kier molecular flexibility index (Phi) is 7.84. The van der Waals surface area contributed by atoms with Crippen molar-refractivity contribution in [1.29, 1.82) is 0 Å². The summed E-state index contributed by atoms with van der Waals surface area (Å²) in [5, 5.41) is 11.2. The van der Waals surface area contributed by atoms with Crippen LogP contribution >= 0.6 is 23.5 Å². The number of sulfonamides is 1. The van der Waals surface area contributed by atoms with Gasteiger partial charge in [0.05, 0.1) is 27.5 Å². The van der Waals surface area contributed by atoms with Crippen LogP contribution in [0.2, 0.25) is 5.02 Å². The normalized spacial score (nSPS) is 12.0. The quantitative estimate of drug-likeness (QED) is 0.182. The molecule has 3 aromatic carbocycles. The van der Waals surface area contributed by atoms with Crippen LogP contribution in [0.5, 0.6) is 17.2 Å². The highest BCUT2D eigenvalue weighted by Crippen LogP contribution is 2.40. The first-order valence-electron chi connectivity index (χ1n) is 9.47. The number of rotatable bonds is 8. The Labute approximate surface area is 207 Å². The van der Waals surface area contributed by atoms with Gasteiger partial charge in [0.1, 0.15) is 22.1 Å². The average molecular weight is 549 g/mol. The van der Waals surface area contributed by atoms with E-state index in [0.717, 1.165) is 21.9 Å². The van der Waals surface area contributed by atoms with Gasteiger partial charge < -0.3 is 9.47 Å². The third-order valence-corrected chi connectivity index (χ3v) is 7.97. The summed E-state index contributed by atoms with van der Waals surface area (Å²) in [5.74, 6) is 0.320. The summed E-state index contributed by atoms with van der Waals surface area (Å²) in [6, 6.07) is 11.5. The number of halogens is 4. The lowest BCUT2D eigenvalue weighted by Gasteiger charge is -2.17. The van der Waals surface area contributed by atoms with Crippen molar-refractivity contribution in [2.45, 2.75) is 16.0 Å². The molecule has 0 radical (unpaired) electrons. The van der Waals surface area contributed by atoms with Gasteiger partial charge in [-0.2, -0.15) is 13.2 Å². The Balaban J connectivity index is 1.90. The van der Waals surface area contributed by atoms with Gasteiger partial charge in [-0.15, -0.1) is 3.71 Å². The van der Waals surface area contributed by atoms with E-state index in [9.17, 15) is 31.7 Å². The number of alkyl halides is 3. The molecule has 0 bridgehead atoms. The second-order valence-corrected chi connectivity index (χ2v) is 10.6. The zero-order chi connectivity index (χ0) is 26.0. The van der Waals surface area contributed by atoms with Crippen LogP contribution in [0, 0.1) is 10.1 Å². The van der Waals surface area contributed by atoms with Crippen LogP contribution < -0.4 is 9.47 Å². The van der Waals surface area contributed by atoms with Crippen molar-refractivity contribution in [1.82, 2.24) is 3.71 Å². The van der Waals surface area contributed by atoms with Crippen molar-refractivity contribution in [3.8, 4) is 17.2 Å². The summed E-state index contributed by atoms with van der Waals surface area (Å²) < 4.78 is 75.7. The summed E-state index contributed by atoms with van der Waals surface area (Å²) >= 11 is 6.46. The van der Waals surface area contributed by atoms with Gasteiger partial charge in [0.2, 0.25) is 0 Å². The molecule has 14 heteroatoms. The molecule has 0 amide bonds. The molecule has 35 heavy (non-hydrogen) atoms. The van der Waals surface area contributed by atoms with E-state index in [4.69, 9.17) is 21.1 Å². The van der Waals surface area contributed by atoms with Crippen LogP contribution in [0.3, 0.4) is 0 Å². The van der Waals surface area contributed by atoms with Crippen molar-refractivity contribution in [2.24, 2.45) is 0 Å². The minimum Gasteiger partial charge on any atom is -0.497 e. The highest BCUT2D eigenvalue weighted by atomic mass is 35.5. The number of nitro benzene ring substituents is 1. The SMILES string of the molecule is COc1ccc(S(=O)(=O)N(C)Sc2cc(Oc3ccc(C(F)(F)F)cc3Cl)ccc2[N+](=O)[O-])cc1. The first kappa shape index (κ1) is 26.6. The molecule has 8 nitrogen and oxygen atoms in total. The smallest absolute Gasteiger partial charge is 0.416 e. The van der Waals surface area contributed by atoms with E-state index >= 15 is 0 Å². The molecule has 0 spiro atoms. The van der Waals surface area contributed by atoms with Crippen LogP contribution in [0.1, 0.15) is 5.56 Å². The fourth-order valence-electron chi connectivity index (χ4n) is 2.75. The summed E-state index contributed by atoms with van der Waals surface area (Å²) in [6.45, 7) is 0. The Bertz CT molecular complexity index is 1350. The number of ether oxygens (including phenoxy) is 2. The van der Waals surface area contributed by atoms with Crippen molar-refractivity contribution in [3.05, 3.63) is 81.4 Å². The van der Waals surface area contributed by atoms with Crippen LogP contribution in [0.4, 0.5) is 18.9 Å². The molecule has 0 aliphatic heterocycles. The van der Waals surface area contributed by atoms with E-state index in [0.29, 0.717) is 23.8 Å². The van der Waals surface area contributed by atoms with Gasteiger partial charge in [-0.05, 0) is 60.5 Å². The Morgan fingerprint density at radius 2 is 1.66 bits per heavy atom. The van der Waals surface area contributed by atoms with E-state index in [2.05, 4.69) is 0 Å². The van der Waals surface area contributed by atoms with Gasteiger partial charge in [0.15, 0.2) is 0 Å². The number of hydrogen-bond donors (Lipinski definition) is 0. The number of benzene rings is 3. The fraction of sp³-hybridized carbons (Fsp3) is 0.143. The molecule has 3 rings (SSSR count). The lowest BCUT2D eigenvalue weighted by molar-refractivity contribution is -0.387. The van der Waals surface area contributed by atoms with Crippen LogP contribution in [-0.2, 0) is 16.2 Å². The summed E-state index contributed by atoms with van der Waals surface area (Å²) in [4.78, 5) is 10.6. The summed E-state index contributed by atoms with van der Waals surface area (Å²) in [7, 11) is -1.41. The molecule has 0 unspecified atom stereocenters. The number of hydrogen-bond acceptors (Lipinski definition) is 7. The van der Waals surface area contributed by atoms with Gasteiger partial charge >= 0.3 is 6.18 Å². The second-order valence-electron chi connectivity index (χ2n) is 6.81. The Morgan fingerprint density at radius 1 is 1.03 bits per heavy atom. The predicted molar refractivity (Wildman–Crippen MR) is 123 cm³/mol. The minimum atomic E-state index is -4.60. The largest absolute Gasteiger partial charge is 0.497 e. The van der Waals surface area contributed by atoms with E-state index in [1.165, 1.54) is 50.6 Å². The molecular formula is C21H16ClF3N2O6S2.